The van der Waals surface area contributed by atoms with E-state index in [0.29, 0.717) is 19.4 Å². The second-order valence-electron chi connectivity index (χ2n) is 6.16. The average molecular weight is 340 g/mol. The lowest BCUT2D eigenvalue weighted by Crippen LogP contribution is -2.59. The molecule has 1 fully saturated rings. The van der Waals surface area contributed by atoms with E-state index >= 15 is 0 Å². The van der Waals surface area contributed by atoms with Gasteiger partial charge in [-0.25, -0.2) is 0 Å². The molecule has 1 heterocycles. The average Bonchev–Trinajstić information content (AvgIpc) is 2.50. The van der Waals surface area contributed by atoms with E-state index in [4.69, 9.17) is 5.73 Å². The number of nitrogens with one attached hydrogen (secondary N) is 1. The molecule has 0 radical (unpaired) electrons. The molecule has 2 atom stereocenters. The predicted molar refractivity (Wildman–Crippen MR) is 94.7 cm³/mol. The van der Waals surface area contributed by atoms with E-state index in [2.05, 4.69) is 5.32 Å². The Morgan fingerprint density at radius 1 is 1.39 bits per heavy atom. The van der Waals surface area contributed by atoms with Crippen molar-refractivity contribution in [2.45, 2.75) is 51.1 Å². The van der Waals surface area contributed by atoms with Crippen LogP contribution in [0.2, 0.25) is 0 Å². The summed E-state index contributed by atoms with van der Waals surface area (Å²) in [6.45, 7) is 4.39. The van der Waals surface area contributed by atoms with Gasteiger partial charge in [0.05, 0.1) is 5.54 Å². The molecule has 1 aromatic carbocycles. The summed E-state index contributed by atoms with van der Waals surface area (Å²) < 4.78 is 0. The van der Waals surface area contributed by atoms with Crippen LogP contribution in [0.5, 0.6) is 0 Å². The Morgan fingerprint density at radius 3 is 2.65 bits per heavy atom. The Labute approximate surface area is 144 Å². The fraction of sp³-hybridized carbons (Fsp3) is 0.529. The van der Waals surface area contributed by atoms with Gasteiger partial charge in [0.15, 0.2) is 0 Å². The van der Waals surface area contributed by atoms with Crippen LogP contribution < -0.4 is 16.0 Å². The number of piperidine rings is 1. The number of carbonyl (C=O) groups excluding carboxylic acids is 2. The van der Waals surface area contributed by atoms with Crippen LogP contribution >= 0.6 is 12.4 Å². The highest BCUT2D eigenvalue weighted by molar-refractivity contribution is 6.00. The standard InChI is InChI=1S/C17H25N3O2.ClH/c1-3-11-17(2,18)16(22)19-14-10-7-12-20(15(14)21)13-8-5-4-6-9-13;/h4-6,8-9,14H,3,7,10-12,18H2,1-2H3,(H,19,22);1H. The smallest absolute Gasteiger partial charge is 0.249 e. The van der Waals surface area contributed by atoms with Crippen molar-refractivity contribution in [3.8, 4) is 0 Å². The molecule has 2 unspecified atom stereocenters. The van der Waals surface area contributed by atoms with Crippen LogP contribution in [0.1, 0.15) is 39.5 Å². The van der Waals surface area contributed by atoms with Gasteiger partial charge in [0.25, 0.3) is 0 Å². The Kier molecular flexibility index (Phi) is 7.03. The molecule has 6 heteroatoms. The molecule has 1 saturated heterocycles. The van der Waals surface area contributed by atoms with Crippen molar-refractivity contribution in [2.75, 3.05) is 11.4 Å². The van der Waals surface area contributed by atoms with Gasteiger partial charge in [-0.1, -0.05) is 31.5 Å². The lowest BCUT2D eigenvalue weighted by Gasteiger charge is -2.34. The van der Waals surface area contributed by atoms with Crippen molar-refractivity contribution >= 4 is 29.9 Å². The quantitative estimate of drug-likeness (QED) is 0.863. The molecule has 23 heavy (non-hydrogen) atoms. The Bertz CT molecular complexity index is 534. The Balaban J connectivity index is 0.00000264. The normalized spacial score (nSPS) is 20.4. The minimum Gasteiger partial charge on any atom is -0.343 e. The lowest BCUT2D eigenvalue weighted by atomic mass is 9.95. The second kappa shape index (κ2) is 8.31. The molecule has 3 N–H and O–H groups in total. The first-order chi connectivity index (χ1) is 10.5. The highest BCUT2D eigenvalue weighted by atomic mass is 35.5. The summed E-state index contributed by atoms with van der Waals surface area (Å²) in [6, 6.07) is 9.06. The maximum Gasteiger partial charge on any atom is 0.249 e. The van der Waals surface area contributed by atoms with E-state index in [9.17, 15) is 9.59 Å². The van der Waals surface area contributed by atoms with Crippen molar-refractivity contribution in [2.24, 2.45) is 5.73 Å². The highest BCUT2D eigenvalue weighted by Gasteiger charge is 2.35. The Morgan fingerprint density at radius 2 is 2.04 bits per heavy atom. The monoisotopic (exact) mass is 339 g/mol. The topological polar surface area (TPSA) is 75.4 Å². The summed E-state index contributed by atoms with van der Waals surface area (Å²) in [5, 5.41) is 2.84. The first-order valence-corrected chi connectivity index (χ1v) is 7.92. The van der Waals surface area contributed by atoms with Crippen LogP contribution in [0.3, 0.4) is 0 Å². The van der Waals surface area contributed by atoms with Crippen molar-refractivity contribution in [1.29, 1.82) is 0 Å². The van der Waals surface area contributed by atoms with Crippen LogP contribution in [-0.2, 0) is 9.59 Å². The molecule has 0 aromatic heterocycles. The summed E-state index contributed by atoms with van der Waals surface area (Å²) >= 11 is 0. The zero-order chi connectivity index (χ0) is 16.2. The zero-order valence-corrected chi connectivity index (χ0v) is 14.6. The molecule has 128 valence electrons. The van der Waals surface area contributed by atoms with Gasteiger partial charge in [-0.3, -0.25) is 9.59 Å². The summed E-state index contributed by atoms with van der Waals surface area (Å²) in [7, 11) is 0. The molecule has 1 aromatic rings. The zero-order valence-electron chi connectivity index (χ0n) is 13.7. The third kappa shape index (κ3) is 4.69. The lowest BCUT2D eigenvalue weighted by molar-refractivity contribution is -0.131. The van der Waals surface area contributed by atoms with Gasteiger partial charge in [0, 0.05) is 12.2 Å². The molecular formula is C17H26ClN3O2. The fourth-order valence-electron chi connectivity index (χ4n) is 2.83. The summed E-state index contributed by atoms with van der Waals surface area (Å²) in [5.74, 6) is -0.305. The minimum absolute atomic E-state index is 0. The maximum absolute atomic E-state index is 12.6. The molecule has 0 aliphatic carbocycles. The molecule has 0 bridgehead atoms. The van der Waals surface area contributed by atoms with Gasteiger partial charge in [-0.2, -0.15) is 0 Å². The van der Waals surface area contributed by atoms with Gasteiger partial charge in [0.1, 0.15) is 6.04 Å². The van der Waals surface area contributed by atoms with Gasteiger partial charge in [0.2, 0.25) is 11.8 Å². The number of anilines is 1. The molecule has 2 amide bonds. The Hall–Kier alpha value is -1.59. The van der Waals surface area contributed by atoms with Gasteiger partial charge < -0.3 is 16.0 Å². The van der Waals surface area contributed by atoms with Gasteiger partial charge in [-0.15, -0.1) is 12.4 Å². The number of halogens is 1. The largest absolute Gasteiger partial charge is 0.343 e. The van der Waals surface area contributed by atoms with E-state index in [1.165, 1.54) is 0 Å². The summed E-state index contributed by atoms with van der Waals surface area (Å²) in [6.07, 6.45) is 2.95. The molecule has 5 nitrogen and oxygen atoms in total. The van der Waals surface area contributed by atoms with E-state index in [0.717, 1.165) is 18.5 Å². The SMILES string of the molecule is CCCC(C)(N)C(=O)NC1CCCN(c2ccccc2)C1=O.Cl. The van der Waals surface area contributed by atoms with Crippen molar-refractivity contribution < 1.29 is 9.59 Å². The van der Waals surface area contributed by atoms with Crippen LogP contribution in [0.25, 0.3) is 0 Å². The van der Waals surface area contributed by atoms with Crippen molar-refractivity contribution in [1.82, 2.24) is 5.32 Å². The van der Waals surface area contributed by atoms with E-state index < -0.39 is 11.6 Å². The van der Waals surface area contributed by atoms with Crippen LogP contribution in [0, 0.1) is 0 Å². The number of nitrogens with two attached hydrogens (primary N) is 1. The molecule has 2 rings (SSSR count). The number of hydrogen-bond acceptors (Lipinski definition) is 3. The molecule has 1 aliphatic heterocycles. The number of benzene rings is 1. The van der Waals surface area contributed by atoms with Crippen LogP contribution in [-0.4, -0.2) is 29.9 Å². The second-order valence-corrected chi connectivity index (χ2v) is 6.16. The number of amides is 2. The number of hydrogen-bond donors (Lipinski definition) is 2. The van der Waals surface area contributed by atoms with Crippen molar-refractivity contribution in [3.05, 3.63) is 30.3 Å². The number of carbonyl (C=O) groups is 2. The fourth-order valence-corrected chi connectivity index (χ4v) is 2.83. The predicted octanol–water partition coefficient (Wildman–Crippen LogP) is 2.24. The molecule has 1 aliphatic rings. The first-order valence-electron chi connectivity index (χ1n) is 7.92. The summed E-state index contributed by atoms with van der Waals surface area (Å²) in [4.78, 5) is 26.7. The number of para-hydroxylation sites is 1. The molecule has 0 spiro atoms. The van der Waals surface area contributed by atoms with Crippen LogP contribution in [0.4, 0.5) is 5.69 Å². The van der Waals surface area contributed by atoms with E-state index in [1.807, 2.05) is 37.3 Å². The first kappa shape index (κ1) is 19.5. The third-order valence-electron chi connectivity index (χ3n) is 4.10. The van der Waals surface area contributed by atoms with Crippen LogP contribution in [0.15, 0.2) is 30.3 Å². The van der Waals surface area contributed by atoms with Gasteiger partial charge >= 0.3 is 0 Å². The maximum atomic E-state index is 12.6. The highest BCUT2D eigenvalue weighted by Crippen LogP contribution is 2.21. The minimum atomic E-state index is -0.927. The van der Waals surface area contributed by atoms with E-state index in [-0.39, 0.29) is 24.2 Å². The molecular weight excluding hydrogens is 314 g/mol. The summed E-state index contributed by atoms with van der Waals surface area (Å²) in [5.41, 5.74) is 5.99. The molecule has 0 saturated carbocycles. The van der Waals surface area contributed by atoms with Gasteiger partial charge in [-0.05, 0) is 38.3 Å². The third-order valence-corrected chi connectivity index (χ3v) is 4.10. The number of rotatable bonds is 5. The van der Waals surface area contributed by atoms with E-state index in [1.54, 1.807) is 11.8 Å². The van der Waals surface area contributed by atoms with Crippen molar-refractivity contribution in [3.63, 3.8) is 0 Å². The number of nitrogens with zero attached hydrogens (tertiary/aromatic N) is 1.